The highest BCUT2D eigenvalue weighted by Gasteiger charge is 2.29. The van der Waals surface area contributed by atoms with Crippen molar-refractivity contribution in [3.63, 3.8) is 0 Å². The van der Waals surface area contributed by atoms with Crippen molar-refractivity contribution in [2.24, 2.45) is 11.7 Å². The van der Waals surface area contributed by atoms with Crippen LogP contribution in [0.5, 0.6) is 11.5 Å². The lowest BCUT2D eigenvalue weighted by molar-refractivity contribution is -0.123. The highest BCUT2D eigenvalue weighted by Crippen LogP contribution is 2.28. The van der Waals surface area contributed by atoms with E-state index in [-0.39, 0.29) is 42.8 Å². The Hall–Kier alpha value is -1.99. The van der Waals surface area contributed by atoms with Gasteiger partial charge in [-0.2, -0.15) is 0 Å². The number of nitrogens with two attached hydrogens (primary N) is 1. The molecule has 1 aromatic rings. The highest BCUT2D eigenvalue weighted by molar-refractivity contribution is 5.95. The number of hydrogen-bond acceptors (Lipinski definition) is 5. The zero-order valence-corrected chi connectivity index (χ0v) is 17.7. The number of amides is 2. The summed E-state index contributed by atoms with van der Waals surface area (Å²) >= 11 is 0. The number of ether oxygens (including phenoxy) is 2. The topological polar surface area (TPSA) is 103 Å². The Bertz CT molecular complexity index is 637. The molecule has 7 nitrogen and oxygen atoms in total. The van der Waals surface area contributed by atoms with E-state index in [1.807, 2.05) is 34.6 Å². The van der Waals surface area contributed by atoms with E-state index in [1.54, 1.807) is 18.2 Å². The van der Waals surface area contributed by atoms with Crippen LogP contribution >= 0.6 is 12.4 Å². The first kappa shape index (κ1) is 25.0. The van der Waals surface area contributed by atoms with Gasteiger partial charge in [0.05, 0.1) is 12.6 Å². The fourth-order valence-corrected chi connectivity index (χ4v) is 2.20. The summed E-state index contributed by atoms with van der Waals surface area (Å²) in [6.45, 7) is 9.88. The number of carbonyl (C=O) groups excluding carboxylic acids is 2. The molecule has 0 aliphatic heterocycles. The molecule has 2 amide bonds. The van der Waals surface area contributed by atoms with Gasteiger partial charge < -0.3 is 25.8 Å². The van der Waals surface area contributed by atoms with Crippen molar-refractivity contribution >= 4 is 24.2 Å². The van der Waals surface area contributed by atoms with Crippen molar-refractivity contribution in [1.82, 2.24) is 10.6 Å². The zero-order valence-electron chi connectivity index (χ0n) is 16.9. The number of halogens is 1. The molecule has 27 heavy (non-hydrogen) atoms. The van der Waals surface area contributed by atoms with Gasteiger partial charge in [-0.3, -0.25) is 9.59 Å². The molecule has 0 aromatic heterocycles. The summed E-state index contributed by atoms with van der Waals surface area (Å²) in [5.74, 6) is 0.497. The number of benzene rings is 1. The van der Waals surface area contributed by atoms with Crippen LogP contribution in [0.3, 0.4) is 0 Å². The van der Waals surface area contributed by atoms with Gasteiger partial charge in [-0.05, 0) is 44.9 Å². The van der Waals surface area contributed by atoms with Crippen LogP contribution in [0.15, 0.2) is 18.2 Å². The summed E-state index contributed by atoms with van der Waals surface area (Å²) < 4.78 is 10.8. The number of carbonyl (C=O) groups is 2. The average Bonchev–Trinajstić information content (AvgIpc) is 2.58. The van der Waals surface area contributed by atoms with Crippen molar-refractivity contribution in [2.45, 2.75) is 46.2 Å². The Morgan fingerprint density at radius 1 is 1.19 bits per heavy atom. The molecule has 4 N–H and O–H groups in total. The predicted molar refractivity (Wildman–Crippen MR) is 109 cm³/mol. The maximum absolute atomic E-state index is 12.6. The van der Waals surface area contributed by atoms with Gasteiger partial charge in [0, 0.05) is 18.2 Å². The predicted octanol–water partition coefficient (Wildman–Crippen LogP) is 2.12. The zero-order chi connectivity index (χ0) is 19.9. The lowest BCUT2D eigenvalue weighted by Crippen LogP contribution is -2.55. The van der Waals surface area contributed by atoms with Crippen LogP contribution in [0.2, 0.25) is 0 Å². The summed E-state index contributed by atoms with van der Waals surface area (Å²) in [6, 6.07) is 4.87. The lowest BCUT2D eigenvalue weighted by Gasteiger charge is -2.33. The molecule has 0 spiro atoms. The Balaban J connectivity index is 0.00000676. The molecule has 0 heterocycles. The van der Waals surface area contributed by atoms with E-state index in [2.05, 4.69) is 10.6 Å². The third-order valence-electron chi connectivity index (χ3n) is 4.33. The number of nitrogens with one attached hydrogen (secondary N) is 2. The van der Waals surface area contributed by atoms with Crippen LogP contribution < -0.4 is 25.8 Å². The summed E-state index contributed by atoms with van der Waals surface area (Å²) in [4.78, 5) is 24.3. The Morgan fingerprint density at radius 2 is 1.81 bits per heavy atom. The summed E-state index contributed by atoms with van der Waals surface area (Å²) in [6.07, 6.45) is 0. The highest BCUT2D eigenvalue weighted by atomic mass is 35.5. The molecule has 0 radical (unpaired) electrons. The molecule has 0 aliphatic rings. The second kappa shape index (κ2) is 11.0. The average molecular weight is 402 g/mol. The third kappa shape index (κ3) is 7.27. The lowest BCUT2D eigenvalue weighted by atomic mass is 9.88. The third-order valence-corrected chi connectivity index (χ3v) is 4.33. The van der Waals surface area contributed by atoms with Crippen molar-refractivity contribution in [3.8, 4) is 11.5 Å². The summed E-state index contributed by atoms with van der Waals surface area (Å²) in [5.41, 5.74) is 5.75. The van der Waals surface area contributed by atoms with Gasteiger partial charge in [-0.1, -0.05) is 13.8 Å². The maximum Gasteiger partial charge on any atom is 0.258 e. The van der Waals surface area contributed by atoms with Gasteiger partial charge in [0.25, 0.3) is 11.8 Å². The molecular weight excluding hydrogens is 370 g/mol. The minimum atomic E-state index is -0.506. The van der Waals surface area contributed by atoms with Crippen LogP contribution in [0.25, 0.3) is 0 Å². The maximum atomic E-state index is 12.6. The molecule has 1 aromatic carbocycles. The fourth-order valence-electron chi connectivity index (χ4n) is 2.20. The van der Waals surface area contributed by atoms with Gasteiger partial charge in [0.2, 0.25) is 0 Å². The van der Waals surface area contributed by atoms with Crippen LogP contribution in [-0.4, -0.2) is 43.7 Å². The monoisotopic (exact) mass is 401 g/mol. The Kier molecular flexibility index (Phi) is 10.2. The van der Waals surface area contributed by atoms with Gasteiger partial charge in [-0.25, -0.2) is 0 Å². The van der Waals surface area contributed by atoms with E-state index < -0.39 is 5.54 Å². The van der Waals surface area contributed by atoms with E-state index >= 15 is 0 Å². The van der Waals surface area contributed by atoms with Gasteiger partial charge in [0.1, 0.15) is 0 Å². The Labute approximate surface area is 167 Å². The first-order valence-electron chi connectivity index (χ1n) is 8.75. The van der Waals surface area contributed by atoms with Gasteiger partial charge in [-0.15, -0.1) is 12.4 Å². The van der Waals surface area contributed by atoms with E-state index in [9.17, 15) is 9.59 Å². The molecule has 1 atom stereocenters. The SMILES string of the molecule is COc1cc(C(=O)NC(C)(CN)C(C)C)ccc1OCC(=O)NC(C)C.Cl. The van der Waals surface area contributed by atoms with Gasteiger partial charge >= 0.3 is 0 Å². The normalized spacial score (nSPS) is 12.8. The summed E-state index contributed by atoms with van der Waals surface area (Å²) in [7, 11) is 1.48. The van der Waals surface area contributed by atoms with Crippen LogP contribution in [0.4, 0.5) is 0 Å². The molecule has 1 rings (SSSR count). The molecule has 0 fully saturated rings. The standard InChI is InChI=1S/C19H31N3O4.ClH/c1-12(2)19(5,11-20)22-18(24)14-7-8-15(16(9-14)25-6)26-10-17(23)21-13(3)4;/h7-9,12-13H,10-11,20H2,1-6H3,(H,21,23)(H,22,24);1H. The Morgan fingerprint density at radius 3 is 2.30 bits per heavy atom. The molecular formula is C19H32ClN3O4. The van der Waals surface area contributed by atoms with E-state index in [1.165, 1.54) is 7.11 Å². The molecule has 0 saturated heterocycles. The van der Waals surface area contributed by atoms with Crippen molar-refractivity contribution in [3.05, 3.63) is 23.8 Å². The summed E-state index contributed by atoms with van der Waals surface area (Å²) in [5, 5.41) is 5.72. The van der Waals surface area contributed by atoms with Crippen LogP contribution in [0, 0.1) is 5.92 Å². The quantitative estimate of drug-likeness (QED) is 0.588. The molecule has 8 heteroatoms. The number of methoxy groups -OCH3 is 1. The molecule has 0 bridgehead atoms. The second-order valence-electron chi connectivity index (χ2n) is 7.11. The minimum absolute atomic E-state index is 0. The smallest absolute Gasteiger partial charge is 0.258 e. The van der Waals surface area contributed by atoms with Crippen LogP contribution in [0.1, 0.15) is 45.0 Å². The van der Waals surface area contributed by atoms with Crippen molar-refractivity contribution < 1.29 is 19.1 Å². The number of hydrogen-bond donors (Lipinski definition) is 3. The first-order valence-corrected chi connectivity index (χ1v) is 8.75. The molecule has 0 saturated carbocycles. The van der Waals surface area contributed by atoms with Gasteiger partial charge in [0.15, 0.2) is 18.1 Å². The van der Waals surface area contributed by atoms with E-state index in [0.717, 1.165) is 0 Å². The molecule has 0 aliphatic carbocycles. The minimum Gasteiger partial charge on any atom is -0.493 e. The molecule has 1 unspecified atom stereocenters. The first-order chi connectivity index (χ1) is 12.1. The molecule has 154 valence electrons. The van der Waals surface area contributed by atoms with E-state index in [0.29, 0.717) is 23.6 Å². The van der Waals surface area contributed by atoms with Crippen LogP contribution in [-0.2, 0) is 4.79 Å². The fraction of sp³-hybridized carbons (Fsp3) is 0.579. The second-order valence-corrected chi connectivity index (χ2v) is 7.11. The van der Waals surface area contributed by atoms with Crippen molar-refractivity contribution in [2.75, 3.05) is 20.3 Å². The number of rotatable bonds is 9. The van der Waals surface area contributed by atoms with Crippen molar-refractivity contribution in [1.29, 1.82) is 0 Å². The largest absolute Gasteiger partial charge is 0.493 e. The van der Waals surface area contributed by atoms with E-state index in [4.69, 9.17) is 15.2 Å².